The van der Waals surface area contributed by atoms with Gasteiger partial charge in [0.05, 0.1) is 18.6 Å². The summed E-state index contributed by atoms with van der Waals surface area (Å²) in [6, 6.07) is 3.71. The van der Waals surface area contributed by atoms with E-state index >= 15 is 0 Å². The summed E-state index contributed by atoms with van der Waals surface area (Å²) >= 11 is 0. The first-order chi connectivity index (χ1) is 9.01. The van der Waals surface area contributed by atoms with Gasteiger partial charge in [-0.05, 0) is 19.9 Å². The number of esters is 1. The molecule has 0 aliphatic carbocycles. The highest BCUT2D eigenvalue weighted by molar-refractivity contribution is 5.82. The molecule has 7 nitrogen and oxygen atoms in total. The lowest BCUT2D eigenvalue weighted by Crippen LogP contribution is -2.28. The van der Waals surface area contributed by atoms with E-state index in [2.05, 4.69) is 5.32 Å². The molecule has 0 heterocycles. The van der Waals surface area contributed by atoms with Crippen LogP contribution in [0.3, 0.4) is 0 Å². The van der Waals surface area contributed by atoms with Gasteiger partial charge in [0.2, 0.25) is 0 Å². The highest BCUT2D eigenvalue weighted by atomic mass is 16.6. The normalized spacial score (nSPS) is 11.5. The minimum absolute atomic E-state index is 0.157. The molecule has 0 spiro atoms. The van der Waals surface area contributed by atoms with Gasteiger partial charge in [0.15, 0.2) is 5.69 Å². The third-order valence-electron chi connectivity index (χ3n) is 2.42. The molecule has 1 aromatic carbocycles. The molecule has 1 rings (SSSR count). The maximum atomic E-state index is 11.5. The Labute approximate surface area is 110 Å². The van der Waals surface area contributed by atoms with Crippen molar-refractivity contribution in [2.75, 3.05) is 19.0 Å². The Bertz CT molecular complexity index is 475. The van der Waals surface area contributed by atoms with Crippen molar-refractivity contribution in [2.24, 2.45) is 0 Å². The fraction of sp³-hybridized carbons (Fsp3) is 0.417. The van der Waals surface area contributed by atoms with Crippen molar-refractivity contribution in [1.82, 2.24) is 0 Å². The monoisotopic (exact) mass is 268 g/mol. The van der Waals surface area contributed by atoms with Gasteiger partial charge in [-0.25, -0.2) is 4.79 Å². The van der Waals surface area contributed by atoms with Crippen LogP contribution < -0.4 is 10.1 Å². The molecule has 0 aliphatic rings. The van der Waals surface area contributed by atoms with E-state index < -0.39 is 16.9 Å². The van der Waals surface area contributed by atoms with E-state index in [1.807, 2.05) is 0 Å². The summed E-state index contributed by atoms with van der Waals surface area (Å²) in [5, 5.41) is 13.7. The number of carbonyl (C=O) groups excluding carboxylic acids is 1. The first-order valence-corrected chi connectivity index (χ1v) is 5.75. The van der Waals surface area contributed by atoms with E-state index in [0.717, 1.165) is 0 Å². The van der Waals surface area contributed by atoms with Gasteiger partial charge in [-0.1, -0.05) is 6.07 Å². The van der Waals surface area contributed by atoms with Crippen molar-refractivity contribution in [2.45, 2.75) is 19.9 Å². The Kier molecular flexibility index (Phi) is 5.11. The molecular formula is C12H16N2O5. The quantitative estimate of drug-likeness (QED) is 0.482. The van der Waals surface area contributed by atoms with Gasteiger partial charge in [0.25, 0.3) is 5.69 Å². The molecule has 0 aromatic heterocycles. The zero-order chi connectivity index (χ0) is 14.4. The van der Waals surface area contributed by atoms with Crippen molar-refractivity contribution < 1.29 is 19.2 Å². The Morgan fingerprint density at radius 2 is 2.21 bits per heavy atom. The summed E-state index contributed by atoms with van der Waals surface area (Å²) in [6.45, 7) is 3.50. The number of nitrogens with zero attached hydrogens (tertiary/aromatic N) is 1. The molecule has 0 fully saturated rings. The number of anilines is 1. The van der Waals surface area contributed by atoms with Crippen LogP contribution in [-0.4, -0.2) is 30.7 Å². The second-order valence-electron chi connectivity index (χ2n) is 3.73. The van der Waals surface area contributed by atoms with Crippen LogP contribution in [0.25, 0.3) is 0 Å². The van der Waals surface area contributed by atoms with Gasteiger partial charge in [0, 0.05) is 6.07 Å². The zero-order valence-corrected chi connectivity index (χ0v) is 11.0. The van der Waals surface area contributed by atoms with Gasteiger partial charge >= 0.3 is 5.97 Å². The third kappa shape index (κ3) is 3.57. The number of nitrogens with one attached hydrogen (secondary N) is 1. The predicted octanol–water partition coefficient (Wildman–Crippen LogP) is 1.97. The molecule has 0 amide bonds. The summed E-state index contributed by atoms with van der Waals surface area (Å²) < 4.78 is 9.90. The van der Waals surface area contributed by atoms with Crippen molar-refractivity contribution in [1.29, 1.82) is 0 Å². The third-order valence-corrected chi connectivity index (χ3v) is 2.42. The summed E-state index contributed by atoms with van der Waals surface area (Å²) in [6.07, 6.45) is 0. The van der Waals surface area contributed by atoms with Crippen molar-refractivity contribution in [3.05, 3.63) is 28.3 Å². The lowest BCUT2D eigenvalue weighted by molar-refractivity contribution is -0.384. The van der Waals surface area contributed by atoms with Crippen LogP contribution >= 0.6 is 0 Å². The van der Waals surface area contributed by atoms with Crippen molar-refractivity contribution in [3.8, 4) is 5.75 Å². The maximum absolute atomic E-state index is 11.5. The molecule has 19 heavy (non-hydrogen) atoms. The fourth-order valence-electron chi connectivity index (χ4n) is 1.53. The summed E-state index contributed by atoms with van der Waals surface area (Å²) in [5.41, 5.74) is 0.00560. The number of nitro benzene ring substituents is 1. The molecule has 0 unspecified atom stereocenters. The number of methoxy groups -OCH3 is 1. The highest BCUT2D eigenvalue weighted by Crippen LogP contribution is 2.34. The highest BCUT2D eigenvalue weighted by Gasteiger charge is 2.23. The molecule has 0 saturated carbocycles. The van der Waals surface area contributed by atoms with Gasteiger partial charge in [-0.2, -0.15) is 0 Å². The molecule has 7 heteroatoms. The lowest BCUT2D eigenvalue weighted by Gasteiger charge is -2.16. The minimum Gasteiger partial charge on any atom is -0.494 e. The van der Waals surface area contributed by atoms with E-state index in [1.165, 1.54) is 19.2 Å². The van der Waals surface area contributed by atoms with Gasteiger partial charge in [0.1, 0.15) is 11.8 Å². The number of hydrogen-bond acceptors (Lipinski definition) is 6. The number of rotatable bonds is 6. The first kappa shape index (κ1) is 14.7. The van der Waals surface area contributed by atoms with Crippen LogP contribution in [-0.2, 0) is 9.53 Å². The average Bonchev–Trinajstić information content (AvgIpc) is 2.38. The van der Waals surface area contributed by atoms with E-state index in [9.17, 15) is 14.9 Å². The van der Waals surface area contributed by atoms with E-state index in [4.69, 9.17) is 9.47 Å². The number of nitro groups is 1. The Morgan fingerprint density at radius 1 is 1.53 bits per heavy atom. The van der Waals surface area contributed by atoms with Crippen LogP contribution in [0, 0.1) is 10.1 Å². The second kappa shape index (κ2) is 6.58. The minimum atomic E-state index is -0.713. The van der Waals surface area contributed by atoms with Gasteiger partial charge in [-0.3, -0.25) is 10.1 Å². The number of ether oxygens (including phenoxy) is 2. The predicted molar refractivity (Wildman–Crippen MR) is 69.4 cm³/mol. The molecule has 0 radical (unpaired) electrons. The summed E-state index contributed by atoms with van der Waals surface area (Å²) in [7, 11) is 1.40. The van der Waals surface area contributed by atoms with Gasteiger partial charge < -0.3 is 14.8 Å². The number of para-hydroxylation sites is 1. The molecule has 0 bridgehead atoms. The maximum Gasteiger partial charge on any atom is 0.328 e. The SMILES string of the molecule is CCOC(=O)[C@H](C)Nc1c(OC)cccc1[N+](=O)[O-]. The number of benzene rings is 1. The van der Waals surface area contributed by atoms with Crippen LogP contribution in [0.1, 0.15) is 13.8 Å². The Morgan fingerprint density at radius 3 is 2.74 bits per heavy atom. The summed E-state index contributed by atoms with van der Waals surface area (Å²) in [5.74, 6) is -0.187. The van der Waals surface area contributed by atoms with E-state index in [1.54, 1.807) is 19.9 Å². The molecule has 0 saturated heterocycles. The molecule has 1 N–H and O–H groups in total. The lowest BCUT2D eigenvalue weighted by atomic mass is 10.2. The zero-order valence-electron chi connectivity index (χ0n) is 11.0. The van der Waals surface area contributed by atoms with Crippen LogP contribution in [0.5, 0.6) is 5.75 Å². The molecular weight excluding hydrogens is 252 g/mol. The number of hydrogen-bond donors (Lipinski definition) is 1. The Hall–Kier alpha value is -2.31. The van der Waals surface area contributed by atoms with Crippen LogP contribution in [0.15, 0.2) is 18.2 Å². The van der Waals surface area contributed by atoms with E-state index in [0.29, 0.717) is 5.75 Å². The first-order valence-electron chi connectivity index (χ1n) is 5.75. The summed E-state index contributed by atoms with van der Waals surface area (Å²) in [4.78, 5) is 22.0. The number of carbonyl (C=O) groups is 1. The molecule has 1 aromatic rings. The van der Waals surface area contributed by atoms with Crippen LogP contribution in [0.2, 0.25) is 0 Å². The fourth-order valence-corrected chi connectivity index (χ4v) is 1.53. The second-order valence-corrected chi connectivity index (χ2v) is 3.73. The molecule has 0 aliphatic heterocycles. The molecule has 104 valence electrons. The van der Waals surface area contributed by atoms with E-state index in [-0.39, 0.29) is 18.0 Å². The average molecular weight is 268 g/mol. The molecule has 1 atom stereocenters. The van der Waals surface area contributed by atoms with Gasteiger partial charge in [-0.15, -0.1) is 0 Å². The smallest absolute Gasteiger partial charge is 0.328 e. The largest absolute Gasteiger partial charge is 0.494 e. The van der Waals surface area contributed by atoms with Crippen molar-refractivity contribution >= 4 is 17.3 Å². The Balaban J connectivity index is 3.04. The topological polar surface area (TPSA) is 90.7 Å². The standard InChI is InChI=1S/C12H16N2O5/c1-4-19-12(15)8(2)13-11-9(14(16)17)6-5-7-10(11)18-3/h5-8,13H,4H2,1-3H3/t8-/m0/s1. The van der Waals surface area contributed by atoms with Crippen molar-refractivity contribution in [3.63, 3.8) is 0 Å². The van der Waals surface area contributed by atoms with Crippen LogP contribution in [0.4, 0.5) is 11.4 Å².